The second-order valence-corrected chi connectivity index (χ2v) is 19.5. The van der Waals surface area contributed by atoms with Gasteiger partial charge in [-0.3, -0.25) is 14.8 Å². The van der Waals surface area contributed by atoms with Gasteiger partial charge in [-0.15, -0.1) is 11.3 Å². The molecule has 5 aliphatic rings. The van der Waals surface area contributed by atoms with Crippen LogP contribution in [-0.2, 0) is 36.1 Å². The molecule has 1 saturated heterocycles. The van der Waals surface area contributed by atoms with Gasteiger partial charge in [-0.25, -0.2) is 9.78 Å². The van der Waals surface area contributed by atoms with Crippen LogP contribution in [0.2, 0.25) is 5.02 Å². The fourth-order valence-electron chi connectivity index (χ4n) is 10.7. The van der Waals surface area contributed by atoms with Crippen molar-refractivity contribution in [3.63, 3.8) is 0 Å². The second kappa shape index (κ2) is 16.3. The predicted octanol–water partition coefficient (Wildman–Crippen LogP) is 9.85. The minimum Gasteiger partial charge on any atom is -0.493 e. The number of thiazole rings is 1. The van der Waals surface area contributed by atoms with Crippen molar-refractivity contribution in [1.82, 2.24) is 19.8 Å². The summed E-state index contributed by atoms with van der Waals surface area (Å²) in [5.41, 5.74) is 7.67. The molecule has 3 atom stereocenters. The van der Waals surface area contributed by atoms with Gasteiger partial charge in [0, 0.05) is 78.7 Å². The fourth-order valence-corrected chi connectivity index (χ4v) is 11.9. The van der Waals surface area contributed by atoms with Gasteiger partial charge in [0.15, 0.2) is 0 Å². The summed E-state index contributed by atoms with van der Waals surface area (Å²) in [6, 6.07) is 16.8. The number of nitrogens with zero attached hydrogens (tertiary/aromatic N) is 4. The Balaban J connectivity index is 0.911. The van der Waals surface area contributed by atoms with Crippen LogP contribution in [0.5, 0.6) is 5.75 Å². The molecule has 4 aromatic rings. The number of anilines is 1. The first-order valence-electron chi connectivity index (χ1n) is 21.6. The maximum Gasteiger partial charge on any atom is 0.329 e. The average Bonchev–Trinajstić information content (AvgIpc) is 3.89. The van der Waals surface area contributed by atoms with Crippen molar-refractivity contribution in [2.45, 2.75) is 120 Å². The van der Waals surface area contributed by atoms with Crippen LogP contribution in [0, 0.1) is 11.8 Å². The highest BCUT2D eigenvalue weighted by atomic mass is 35.5. The number of pyridine rings is 1. The van der Waals surface area contributed by atoms with Gasteiger partial charge in [-0.1, -0.05) is 49.7 Å². The Morgan fingerprint density at radius 1 is 1.04 bits per heavy atom. The van der Waals surface area contributed by atoms with Crippen LogP contribution in [0.25, 0.3) is 0 Å². The highest BCUT2D eigenvalue weighted by Crippen LogP contribution is 2.56. The van der Waals surface area contributed by atoms with Gasteiger partial charge in [0.05, 0.1) is 17.3 Å². The molecule has 8 nitrogen and oxygen atoms in total. The molecule has 57 heavy (non-hydrogen) atoms. The van der Waals surface area contributed by atoms with Gasteiger partial charge in [0.2, 0.25) is 0 Å². The first-order chi connectivity index (χ1) is 27.7. The second-order valence-electron chi connectivity index (χ2n) is 18.2. The van der Waals surface area contributed by atoms with Crippen LogP contribution in [0.15, 0.2) is 60.1 Å². The van der Waals surface area contributed by atoms with Gasteiger partial charge in [0.25, 0.3) is 0 Å². The van der Waals surface area contributed by atoms with E-state index in [4.69, 9.17) is 26.3 Å². The summed E-state index contributed by atoms with van der Waals surface area (Å²) >= 11 is 8.19. The molecule has 4 aliphatic carbocycles. The number of hydrogen-bond donors (Lipinski definition) is 2. The fraction of sp³-hybridized carbons (Fsp3) is 0.553. The molecule has 3 heterocycles. The lowest BCUT2D eigenvalue weighted by molar-refractivity contribution is -0.144. The SMILES string of the molecule is C[C@@H](COc1ccnc2c1[C@H](C)CCC2)CC1Cc2ccc(CN3CCN(Cc4csc(C5CC5)n4)CC3)cc2C12CCC(Nc1cccc(Cl)c1)(C(=O)O)CC2. The number of nitrogens with one attached hydrogen (secondary N) is 1. The lowest BCUT2D eigenvalue weighted by Gasteiger charge is -2.47. The Bertz CT molecular complexity index is 2070. The number of carboxylic acids is 1. The van der Waals surface area contributed by atoms with Gasteiger partial charge in [0.1, 0.15) is 11.3 Å². The van der Waals surface area contributed by atoms with Crippen LogP contribution in [0.1, 0.15) is 122 Å². The van der Waals surface area contributed by atoms with Gasteiger partial charge in [-0.2, -0.15) is 0 Å². The van der Waals surface area contributed by atoms with Crippen LogP contribution < -0.4 is 10.1 Å². The molecule has 1 unspecified atom stereocenters. The van der Waals surface area contributed by atoms with Crippen molar-refractivity contribution in [2.24, 2.45) is 11.8 Å². The molecule has 2 aromatic carbocycles. The molecular weight excluding hydrogens is 750 g/mol. The van der Waals surface area contributed by atoms with Crippen molar-refractivity contribution in [3.05, 3.63) is 104 Å². The minimum absolute atomic E-state index is 0.0789. The molecule has 1 spiro atoms. The third-order valence-corrected chi connectivity index (χ3v) is 15.4. The highest BCUT2D eigenvalue weighted by molar-refractivity contribution is 7.09. The number of benzene rings is 2. The van der Waals surface area contributed by atoms with Crippen molar-refractivity contribution in [3.8, 4) is 5.75 Å². The molecule has 2 saturated carbocycles. The molecule has 9 rings (SSSR count). The number of hydrogen-bond acceptors (Lipinski definition) is 8. The molecule has 2 aromatic heterocycles. The zero-order valence-corrected chi connectivity index (χ0v) is 35.2. The van der Waals surface area contributed by atoms with Crippen LogP contribution >= 0.6 is 22.9 Å². The molecule has 2 N–H and O–H groups in total. The molecule has 0 amide bonds. The Kier molecular flexibility index (Phi) is 11.1. The summed E-state index contributed by atoms with van der Waals surface area (Å²) in [5.74, 6) is 2.19. The van der Waals surface area contributed by atoms with E-state index in [0.29, 0.717) is 42.2 Å². The summed E-state index contributed by atoms with van der Waals surface area (Å²) in [4.78, 5) is 27.9. The van der Waals surface area contributed by atoms with E-state index < -0.39 is 11.5 Å². The lowest BCUT2D eigenvalue weighted by atomic mass is 9.59. The summed E-state index contributed by atoms with van der Waals surface area (Å²) in [7, 11) is 0. The highest BCUT2D eigenvalue weighted by Gasteiger charge is 2.54. The predicted molar refractivity (Wildman–Crippen MR) is 229 cm³/mol. The molecule has 0 radical (unpaired) electrons. The van der Waals surface area contributed by atoms with Crippen molar-refractivity contribution in [1.29, 1.82) is 0 Å². The van der Waals surface area contributed by atoms with Gasteiger partial charge < -0.3 is 15.2 Å². The number of halogens is 1. The van der Waals surface area contributed by atoms with E-state index in [0.717, 1.165) is 88.7 Å². The molecule has 3 fully saturated rings. The largest absolute Gasteiger partial charge is 0.493 e. The van der Waals surface area contributed by atoms with E-state index in [1.807, 2.05) is 41.8 Å². The topological polar surface area (TPSA) is 90.8 Å². The molecule has 10 heteroatoms. The number of carboxylic acid groups (broad SMARTS) is 1. The summed E-state index contributed by atoms with van der Waals surface area (Å²) in [5, 5.41) is 18.4. The number of ether oxygens (including phenoxy) is 1. The smallest absolute Gasteiger partial charge is 0.329 e. The van der Waals surface area contributed by atoms with E-state index in [-0.39, 0.29) is 5.41 Å². The maximum atomic E-state index is 13.1. The molecular formula is C47H58ClN5O3S. The zero-order valence-electron chi connectivity index (χ0n) is 33.6. The summed E-state index contributed by atoms with van der Waals surface area (Å²) in [6.45, 7) is 11.4. The van der Waals surface area contributed by atoms with Crippen LogP contribution in [0.3, 0.4) is 0 Å². The van der Waals surface area contributed by atoms with E-state index >= 15 is 0 Å². The monoisotopic (exact) mass is 807 g/mol. The van der Waals surface area contributed by atoms with Crippen LogP contribution in [-0.4, -0.2) is 69.2 Å². The number of aryl methyl sites for hydroxylation is 1. The number of fused-ring (bicyclic) bond motifs is 3. The van der Waals surface area contributed by atoms with E-state index in [1.54, 1.807) is 0 Å². The van der Waals surface area contributed by atoms with E-state index in [1.165, 1.54) is 64.3 Å². The van der Waals surface area contributed by atoms with E-state index in [9.17, 15) is 9.90 Å². The Hall–Kier alpha value is -3.50. The van der Waals surface area contributed by atoms with E-state index in [2.05, 4.69) is 58.6 Å². The Morgan fingerprint density at radius 2 is 1.82 bits per heavy atom. The first kappa shape index (κ1) is 39.0. The van der Waals surface area contributed by atoms with Gasteiger partial charge in [-0.05, 0) is 135 Å². The van der Waals surface area contributed by atoms with Crippen molar-refractivity contribution in [2.75, 3.05) is 38.1 Å². The quantitative estimate of drug-likeness (QED) is 0.138. The van der Waals surface area contributed by atoms with Crippen molar-refractivity contribution >= 4 is 34.6 Å². The Labute approximate surface area is 347 Å². The minimum atomic E-state index is -1.04. The summed E-state index contributed by atoms with van der Waals surface area (Å²) in [6.07, 6.45) is 12.8. The lowest BCUT2D eigenvalue weighted by Crippen LogP contribution is -2.53. The number of aliphatic carboxylic acids is 1. The first-order valence-corrected chi connectivity index (χ1v) is 22.8. The van der Waals surface area contributed by atoms with Gasteiger partial charge >= 0.3 is 5.97 Å². The third-order valence-electron chi connectivity index (χ3n) is 14.1. The molecule has 0 bridgehead atoms. The molecule has 1 aliphatic heterocycles. The number of carbonyl (C=O) groups is 1. The number of piperazine rings is 1. The average molecular weight is 809 g/mol. The van der Waals surface area contributed by atoms with Crippen molar-refractivity contribution < 1.29 is 14.6 Å². The molecule has 302 valence electrons. The third kappa shape index (κ3) is 8.24. The standard InChI is InChI=1S/C47H58ClN5O3S/c1-31(29-56-42-13-18-49-41-8-3-5-32(2)43(41)42)23-36-25-35-10-9-33(27-52-19-21-53(22-20-52)28-39-30-57-44(50-39)34-11-12-34)24-40(35)46(36)14-16-47(17-15-46,45(54)55)51-38-7-4-6-37(48)26-38/h4,6-7,9-10,13,18,24,26,30-32,34,36,51H,3,5,8,11-12,14-17,19-23,25,27-29H2,1-2H3,(H,54,55)/t31-,32-,36?,46?,47?/m1/s1. The normalized spacial score (nSPS) is 26.9. The zero-order chi connectivity index (χ0) is 39.1. The number of aromatic nitrogens is 2. The maximum absolute atomic E-state index is 13.1. The number of rotatable bonds is 13. The Morgan fingerprint density at radius 3 is 2.58 bits per heavy atom. The summed E-state index contributed by atoms with van der Waals surface area (Å²) < 4.78 is 6.65. The van der Waals surface area contributed by atoms with Crippen LogP contribution in [0.4, 0.5) is 5.69 Å².